The second kappa shape index (κ2) is 4.80. The lowest BCUT2D eigenvalue weighted by molar-refractivity contribution is -0.122. The summed E-state index contributed by atoms with van der Waals surface area (Å²) in [5.41, 5.74) is 0.690. The molecule has 22 heavy (non-hydrogen) atoms. The SMILES string of the molecule is CC1C=CCC2C(=O)N(c3ccc4ccccc4c3)C(=O)C12. The van der Waals surface area contributed by atoms with E-state index in [0.29, 0.717) is 12.1 Å². The average Bonchev–Trinajstić information content (AvgIpc) is 2.79. The Labute approximate surface area is 129 Å². The minimum atomic E-state index is -0.205. The fraction of sp³-hybridized carbons (Fsp3) is 0.263. The van der Waals surface area contributed by atoms with E-state index in [1.54, 1.807) is 0 Å². The van der Waals surface area contributed by atoms with Crippen LogP contribution in [0.5, 0.6) is 0 Å². The van der Waals surface area contributed by atoms with Crippen LogP contribution in [-0.2, 0) is 9.59 Å². The molecule has 1 aliphatic carbocycles. The molecule has 2 aliphatic rings. The number of carbonyl (C=O) groups excluding carboxylic acids is 2. The second-order valence-corrected chi connectivity index (χ2v) is 6.20. The summed E-state index contributed by atoms with van der Waals surface area (Å²) < 4.78 is 0. The van der Waals surface area contributed by atoms with Crippen molar-refractivity contribution < 1.29 is 9.59 Å². The van der Waals surface area contributed by atoms with Crippen LogP contribution in [-0.4, -0.2) is 11.8 Å². The molecule has 2 aromatic rings. The minimum absolute atomic E-state index is 0.0536. The molecule has 4 rings (SSSR count). The zero-order valence-electron chi connectivity index (χ0n) is 12.4. The van der Waals surface area contributed by atoms with Crippen LogP contribution in [0, 0.1) is 17.8 Å². The Kier molecular flexibility index (Phi) is 2.89. The predicted octanol–water partition coefficient (Wildman–Crippen LogP) is 3.54. The van der Waals surface area contributed by atoms with Gasteiger partial charge < -0.3 is 0 Å². The molecule has 0 N–H and O–H groups in total. The zero-order valence-corrected chi connectivity index (χ0v) is 12.4. The van der Waals surface area contributed by atoms with Crippen LogP contribution >= 0.6 is 0 Å². The molecule has 3 heteroatoms. The van der Waals surface area contributed by atoms with Gasteiger partial charge in [-0.3, -0.25) is 14.5 Å². The highest BCUT2D eigenvalue weighted by Crippen LogP contribution is 2.40. The second-order valence-electron chi connectivity index (χ2n) is 6.20. The highest BCUT2D eigenvalue weighted by atomic mass is 16.2. The Balaban J connectivity index is 1.78. The van der Waals surface area contributed by atoms with Gasteiger partial charge in [0, 0.05) is 0 Å². The molecule has 0 aromatic heterocycles. The zero-order chi connectivity index (χ0) is 15.3. The topological polar surface area (TPSA) is 37.4 Å². The highest BCUT2D eigenvalue weighted by Gasteiger charge is 2.50. The van der Waals surface area contributed by atoms with E-state index in [4.69, 9.17) is 0 Å². The van der Waals surface area contributed by atoms with E-state index < -0.39 is 0 Å². The fourth-order valence-corrected chi connectivity index (χ4v) is 3.72. The average molecular weight is 291 g/mol. The van der Waals surface area contributed by atoms with Crippen LogP contribution in [0.2, 0.25) is 0 Å². The minimum Gasteiger partial charge on any atom is -0.274 e. The summed E-state index contributed by atoms with van der Waals surface area (Å²) >= 11 is 0. The molecular formula is C19H17NO2. The lowest BCUT2D eigenvalue weighted by atomic mass is 9.78. The highest BCUT2D eigenvalue weighted by molar-refractivity contribution is 6.22. The maximum Gasteiger partial charge on any atom is 0.238 e. The van der Waals surface area contributed by atoms with Crippen molar-refractivity contribution in [3.63, 3.8) is 0 Å². The molecule has 3 atom stereocenters. The van der Waals surface area contributed by atoms with E-state index in [1.807, 2.05) is 55.5 Å². The number of anilines is 1. The standard InChI is InChI=1S/C19H17NO2/c1-12-5-4-8-16-17(12)19(22)20(18(16)21)15-10-9-13-6-2-3-7-14(13)11-15/h2-7,9-12,16-17H,8H2,1H3. The molecule has 0 saturated carbocycles. The summed E-state index contributed by atoms with van der Waals surface area (Å²) in [4.78, 5) is 26.9. The van der Waals surface area contributed by atoms with Crippen LogP contribution in [0.15, 0.2) is 54.6 Å². The van der Waals surface area contributed by atoms with Crippen molar-refractivity contribution in [3.8, 4) is 0 Å². The Morgan fingerprint density at radius 2 is 1.77 bits per heavy atom. The Bertz CT molecular complexity index is 808. The Hall–Kier alpha value is -2.42. The first-order chi connectivity index (χ1) is 10.7. The Morgan fingerprint density at radius 1 is 1.00 bits per heavy atom. The molecule has 1 fully saturated rings. The van der Waals surface area contributed by atoms with Gasteiger partial charge in [0.05, 0.1) is 17.5 Å². The predicted molar refractivity (Wildman–Crippen MR) is 86.3 cm³/mol. The van der Waals surface area contributed by atoms with E-state index in [-0.39, 0.29) is 29.6 Å². The number of carbonyl (C=O) groups is 2. The third-order valence-corrected chi connectivity index (χ3v) is 4.86. The molecule has 1 saturated heterocycles. The summed E-state index contributed by atoms with van der Waals surface area (Å²) in [6.07, 6.45) is 4.75. The quantitative estimate of drug-likeness (QED) is 0.595. The van der Waals surface area contributed by atoms with Gasteiger partial charge in [-0.15, -0.1) is 0 Å². The van der Waals surface area contributed by atoms with Crippen molar-refractivity contribution in [2.24, 2.45) is 17.8 Å². The van der Waals surface area contributed by atoms with E-state index in [2.05, 4.69) is 6.08 Å². The number of amides is 2. The number of fused-ring (bicyclic) bond motifs is 2. The number of nitrogens with zero attached hydrogens (tertiary/aromatic N) is 1. The first-order valence-electron chi connectivity index (χ1n) is 7.70. The smallest absolute Gasteiger partial charge is 0.238 e. The molecular weight excluding hydrogens is 274 g/mol. The maximum atomic E-state index is 12.8. The molecule has 1 heterocycles. The van der Waals surface area contributed by atoms with Gasteiger partial charge in [-0.1, -0.05) is 49.4 Å². The van der Waals surface area contributed by atoms with Crippen molar-refractivity contribution in [1.82, 2.24) is 0 Å². The molecule has 0 radical (unpaired) electrons. The van der Waals surface area contributed by atoms with Crippen molar-refractivity contribution in [1.29, 1.82) is 0 Å². The fourth-order valence-electron chi connectivity index (χ4n) is 3.72. The monoisotopic (exact) mass is 291 g/mol. The molecule has 0 spiro atoms. The van der Waals surface area contributed by atoms with Crippen LogP contribution < -0.4 is 4.90 Å². The molecule has 2 aromatic carbocycles. The molecule has 3 nitrogen and oxygen atoms in total. The van der Waals surface area contributed by atoms with Gasteiger partial charge in [0.25, 0.3) is 0 Å². The van der Waals surface area contributed by atoms with E-state index in [1.165, 1.54) is 4.90 Å². The molecule has 1 aliphatic heterocycles. The first kappa shape index (κ1) is 13.3. The normalized spacial score (nSPS) is 27.5. The first-order valence-corrected chi connectivity index (χ1v) is 7.70. The summed E-state index contributed by atoms with van der Waals surface area (Å²) in [6.45, 7) is 2.02. The summed E-state index contributed by atoms with van der Waals surface area (Å²) in [5.74, 6) is -0.382. The number of allylic oxidation sites excluding steroid dienone is 2. The van der Waals surface area contributed by atoms with Gasteiger partial charge >= 0.3 is 0 Å². The van der Waals surface area contributed by atoms with Crippen molar-refractivity contribution in [2.45, 2.75) is 13.3 Å². The molecule has 2 amide bonds. The molecule has 110 valence electrons. The number of rotatable bonds is 1. The van der Waals surface area contributed by atoms with Crippen LogP contribution in [0.3, 0.4) is 0 Å². The van der Waals surface area contributed by atoms with Gasteiger partial charge in [0.1, 0.15) is 0 Å². The van der Waals surface area contributed by atoms with Gasteiger partial charge in [0.15, 0.2) is 0 Å². The van der Waals surface area contributed by atoms with Gasteiger partial charge in [-0.2, -0.15) is 0 Å². The van der Waals surface area contributed by atoms with Crippen molar-refractivity contribution in [3.05, 3.63) is 54.6 Å². The Morgan fingerprint density at radius 3 is 2.55 bits per heavy atom. The number of imide groups is 1. The third-order valence-electron chi connectivity index (χ3n) is 4.86. The van der Waals surface area contributed by atoms with Crippen molar-refractivity contribution in [2.75, 3.05) is 4.90 Å². The molecule has 0 bridgehead atoms. The van der Waals surface area contributed by atoms with Gasteiger partial charge in [0.2, 0.25) is 11.8 Å². The lowest BCUT2D eigenvalue weighted by Crippen LogP contribution is -2.31. The largest absolute Gasteiger partial charge is 0.274 e. The maximum absolute atomic E-state index is 12.8. The summed E-state index contributed by atoms with van der Waals surface area (Å²) in [7, 11) is 0. The van der Waals surface area contributed by atoms with E-state index in [9.17, 15) is 9.59 Å². The third kappa shape index (κ3) is 1.82. The van der Waals surface area contributed by atoms with Gasteiger partial charge in [-0.05, 0) is 35.2 Å². The van der Waals surface area contributed by atoms with Crippen LogP contribution in [0.4, 0.5) is 5.69 Å². The van der Waals surface area contributed by atoms with Gasteiger partial charge in [-0.25, -0.2) is 0 Å². The van der Waals surface area contributed by atoms with E-state index >= 15 is 0 Å². The summed E-state index contributed by atoms with van der Waals surface area (Å²) in [6, 6.07) is 13.7. The number of hydrogen-bond donors (Lipinski definition) is 0. The molecule has 3 unspecified atom stereocenters. The number of hydrogen-bond acceptors (Lipinski definition) is 2. The van der Waals surface area contributed by atoms with Crippen LogP contribution in [0.1, 0.15) is 13.3 Å². The number of benzene rings is 2. The van der Waals surface area contributed by atoms with Crippen LogP contribution in [0.25, 0.3) is 10.8 Å². The van der Waals surface area contributed by atoms with Crippen molar-refractivity contribution >= 4 is 28.3 Å². The lowest BCUT2D eigenvalue weighted by Gasteiger charge is -2.22. The van der Waals surface area contributed by atoms with E-state index in [0.717, 1.165) is 10.8 Å². The summed E-state index contributed by atoms with van der Waals surface area (Å²) in [5, 5.41) is 2.15.